The van der Waals surface area contributed by atoms with Crippen LogP contribution < -0.4 is 15.4 Å². The molecule has 1 fully saturated rings. The first-order chi connectivity index (χ1) is 15.1. The Hall–Kier alpha value is -3.27. The Bertz CT molecular complexity index is 1110. The van der Waals surface area contributed by atoms with Crippen molar-refractivity contribution in [2.24, 2.45) is 0 Å². The van der Waals surface area contributed by atoms with E-state index in [1.54, 1.807) is 12.1 Å². The van der Waals surface area contributed by atoms with Gasteiger partial charge in [0.05, 0.1) is 5.69 Å². The molecule has 4 amide bonds. The number of imide groups is 1. The highest BCUT2D eigenvalue weighted by molar-refractivity contribution is 6.31. The number of hydrogen-bond donors (Lipinski definition) is 2. The van der Waals surface area contributed by atoms with Crippen LogP contribution in [0.2, 0.25) is 5.02 Å². The van der Waals surface area contributed by atoms with Gasteiger partial charge in [0, 0.05) is 5.02 Å². The van der Waals surface area contributed by atoms with E-state index in [2.05, 4.69) is 10.6 Å². The molecule has 0 radical (unpaired) electrons. The number of carbonyl (C=O) groups excluding carboxylic acids is 3. The van der Waals surface area contributed by atoms with Crippen LogP contribution in [0, 0.1) is 0 Å². The van der Waals surface area contributed by atoms with Gasteiger partial charge in [-0.15, -0.1) is 0 Å². The highest BCUT2D eigenvalue weighted by atomic mass is 35.5. The minimum absolute atomic E-state index is 0.111. The molecule has 4 rings (SSSR count). The van der Waals surface area contributed by atoms with Crippen molar-refractivity contribution >= 4 is 35.1 Å². The fourth-order valence-electron chi connectivity index (χ4n) is 3.95. The Kier molecular flexibility index (Phi) is 5.49. The smallest absolute Gasteiger partial charge is 0.422 e. The van der Waals surface area contributed by atoms with Gasteiger partial charge >= 0.3 is 12.2 Å². The third kappa shape index (κ3) is 4.10. The summed E-state index contributed by atoms with van der Waals surface area (Å²) in [5, 5.41) is 5.21. The molecule has 1 spiro atoms. The summed E-state index contributed by atoms with van der Waals surface area (Å²) in [5.74, 6) is -1.60. The summed E-state index contributed by atoms with van der Waals surface area (Å²) in [6.07, 6.45) is -3.60. The highest BCUT2D eigenvalue weighted by Gasteiger charge is 2.55. The van der Waals surface area contributed by atoms with Gasteiger partial charge in [0.15, 0.2) is 6.61 Å². The van der Waals surface area contributed by atoms with E-state index in [1.807, 2.05) is 12.1 Å². The molecule has 2 N–H and O–H groups in total. The molecule has 0 aromatic heterocycles. The van der Waals surface area contributed by atoms with Crippen molar-refractivity contribution in [2.45, 2.75) is 24.6 Å². The molecule has 11 heteroatoms. The third-order valence-corrected chi connectivity index (χ3v) is 5.57. The van der Waals surface area contributed by atoms with E-state index in [9.17, 15) is 27.6 Å². The summed E-state index contributed by atoms with van der Waals surface area (Å²) >= 11 is 5.88. The van der Waals surface area contributed by atoms with Crippen molar-refractivity contribution in [3.05, 3.63) is 58.6 Å². The predicted molar refractivity (Wildman–Crippen MR) is 108 cm³/mol. The lowest BCUT2D eigenvalue weighted by molar-refractivity contribution is -0.153. The number of carbonyl (C=O) groups is 3. The Morgan fingerprint density at radius 1 is 1.22 bits per heavy atom. The standard InChI is InChI=1S/C21H17ClF3N3O4/c22-13-5-6-16(32-11-21(23,24)25)15(9-13)26-17(29)10-28-18(30)20(27-19(28)31)8-7-12-3-1-2-4-14(12)20/h1-6,9H,7-8,10-11H2,(H,26,29)(H,27,31). The van der Waals surface area contributed by atoms with Crippen molar-refractivity contribution in [1.29, 1.82) is 0 Å². The molecule has 1 aliphatic heterocycles. The van der Waals surface area contributed by atoms with Gasteiger partial charge in [0.2, 0.25) is 5.91 Å². The molecule has 1 aliphatic carbocycles. The molecule has 1 saturated heterocycles. The normalized spacial score (nSPS) is 19.8. The number of aryl methyl sites for hydroxylation is 1. The number of benzene rings is 2. The number of rotatable bonds is 5. The fourth-order valence-corrected chi connectivity index (χ4v) is 4.12. The molecule has 2 aromatic rings. The maximum Gasteiger partial charge on any atom is 0.422 e. The maximum absolute atomic E-state index is 13.1. The summed E-state index contributed by atoms with van der Waals surface area (Å²) in [4.78, 5) is 39.0. The molecule has 2 aromatic carbocycles. The van der Waals surface area contributed by atoms with Crippen LogP contribution in [0.4, 0.5) is 23.7 Å². The predicted octanol–water partition coefficient (Wildman–Crippen LogP) is 3.61. The maximum atomic E-state index is 13.1. The number of fused-ring (bicyclic) bond motifs is 2. The van der Waals surface area contributed by atoms with E-state index < -0.39 is 42.7 Å². The van der Waals surface area contributed by atoms with Crippen LogP contribution in [-0.4, -0.2) is 42.1 Å². The van der Waals surface area contributed by atoms with Gasteiger partial charge in [-0.05, 0) is 42.2 Å². The van der Waals surface area contributed by atoms with Gasteiger partial charge in [0.1, 0.15) is 17.8 Å². The van der Waals surface area contributed by atoms with Crippen LogP contribution in [0.25, 0.3) is 0 Å². The van der Waals surface area contributed by atoms with E-state index in [-0.39, 0.29) is 16.5 Å². The molecule has 2 aliphatic rings. The van der Waals surface area contributed by atoms with Gasteiger partial charge in [-0.3, -0.25) is 14.5 Å². The topological polar surface area (TPSA) is 87.7 Å². The second-order valence-electron chi connectivity index (χ2n) is 7.48. The van der Waals surface area contributed by atoms with Crippen molar-refractivity contribution < 1.29 is 32.3 Å². The number of anilines is 1. The quantitative estimate of drug-likeness (QED) is 0.658. The Labute approximate surface area is 185 Å². The average Bonchev–Trinajstić information content (AvgIpc) is 3.20. The lowest BCUT2D eigenvalue weighted by atomic mass is 9.92. The number of ether oxygens (including phenoxy) is 1. The number of nitrogens with zero attached hydrogens (tertiary/aromatic N) is 1. The molecular formula is C21H17ClF3N3O4. The molecule has 7 nitrogen and oxygen atoms in total. The monoisotopic (exact) mass is 467 g/mol. The van der Waals surface area contributed by atoms with Crippen LogP contribution in [-0.2, 0) is 21.5 Å². The lowest BCUT2D eigenvalue weighted by Crippen LogP contribution is -2.43. The van der Waals surface area contributed by atoms with Crippen LogP contribution in [0.1, 0.15) is 17.5 Å². The number of nitrogens with one attached hydrogen (secondary N) is 2. The zero-order valence-corrected chi connectivity index (χ0v) is 17.2. The van der Waals surface area contributed by atoms with Gasteiger partial charge in [0.25, 0.3) is 5.91 Å². The van der Waals surface area contributed by atoms with Crippen molar-refractivity contribution in [2.75, 3.05) is 18.5 Å². The van der Waals surface area contributed by atoms with E-state index in [0.717, 1.165) is 10.5 Å². The van der Waals surface area contributed by atoms with Gasteiger partial charge in [-0.25, -0.2) is 4.79 Å². The van der Waals surface area contributed by atoms with Crippen LogP contribution in [0.15, 0.2) is 42.5 Å². The molecule has 1 atom stereocenters. The van der Waals surface area contributed by atoms with Crippen molar-refractivity contribution in [1.82, 2.24) is 10.2 Å². The zero-order chi connectivity index (χ0) is 23.1. The summed E-state index contributed by atoms with van der Waals surface area (Å²) < 4.78 is 42.2. The number of halogens is 4. The first-order valence-electron chi connectivity index (χ1n) is 9.60. The first-order valence-corrected chi connectivity index (χ1v) is 9.98. The van der Waals surface area contributed by atoms with Gasteiger partial charge < -0.3 is 15.4 Å². The largest absolute Gasteiger partial charge is 0.482 e. The highest BCUT2D eigenvalue weighted by Crippen LogP contribution is 2.41. The molecule has 1 heterocycles. The van der Waals surface area contributed by atoms with Gasteiger partial charge in [-0.2, -0.15) is 13.2 Å². The molecule has 1 unspecified atom stereocenters. The number of alkyl halides is 3. The second-order valence-corrected chi connectivity index (χ2v) is 7.91. The minimum Gasteiger partial charge on any atom is -0.482 e. The van der Waals surface area contributed by atoms with Crippen LogP contribution >= 0.6 is 11.6 Å². The molecule has 0 saturated carbocycles. The summed E-state index contributed by atoms with van der Waals surface area (Å²) in [5.41, 5.74) is 0.307. The Morgan fingerprint density at radius 3 is 2.72 bits per heavy atom. The lowest BCUT2D eigenvalue weighted by Gasteiger charge is -2.22. The summed E-state index contributed by atoms with van der Waals surface area (Å²) in [7, 11) is 0. The molecule has 0 bridgehead atoms. The van der Waals surface area contributed by atoms with Crippen molar-refractivity contribution in [3.63, 3.8) is 0 Å². The third-order valence-electron chi connectivity index (χ3n) is 5.33. The first kappa shape index (κ1) is 21.9. The average molecular weight is 468 g/mol. The van der Waals surface area contributed by atoms with Crippen LogP contribution in [0.3, 0.4) is 0 Å². The zero-order valence-electron chi connectivity index (χ0n) is 16.5. The second kappa shape index (κ2) is 8.01. The van der Waals surface area contributed by atoms with Crippen molar-refractivity contribution in [3.8, 4) is 5.75 Å². The Balaban J connectivity index is 1.49. The Morgan fingerprint density at radius 2 is 1.97 bits per heavy atom. The molecule has 168 valence electrons. The van der Waals surface area contributed by atoms with Crippen LogP contribution in [0.5, 0.6) is 5.75 Å². The van der Waals surface area contributed by atoms with Gasteiger partial charge in [-0.1, -0.05) is 35.9 Å². The molecule has 32 heavy (non-hydrogen) atoms. The number of hydrogen-bond acceptors (Lipinski definition) is 4. The SMILES string of the molecule is O=C(CN1C(=O)NC2(CCc3ccccc32)C1=O)Nc1cc(Cl)ccc1OCC(F)(F)F. The molecular weight excluding hydrogens is 451 g/mol. The van der Waals surface area contributed by atoms with E-state index in [0.29, 0.717) is 18.4 Å². The summed E-state index contributed by atoms with van der Waals surface area (Å²) in [6.45, 7) is -2.19. The number of amides is 4. The van der Waals surface area contributed by atoms with E-state index in [1.165, 1.54) is 18.2 Å². The minimum atomic E-state index is -4.58. The summed E-state index contributed by atoms with van der Waals surface area (Å²) in [6, 6.07) is 10.2. The number of urea groups is 1. The van der Waals surface area contributed by atoms with E-state index >= 15 is 0 Å². The van der Waals surface area contributed by atoms with E-state index in [4.69, 9.17) is 16.3 Å². The fraction of sp³-hybridized carbons (Fsp3) is 0.286.